The van der Waals surface area contributed by atoms with E-state index in [1.807, 2.05) is 0 Å². The SMILES string of the molecule is CCCCC[C@H](C)CN1CCCCC1. The van der Waals surface area contributed by atoms with Crippen molar-refractivity contribution in [1.29, 1.82) is 0 Å². The van der Waals surface area contributed by atoms with E-state index in [9.17, 15) is 0 Å². The molecule has 1 aliphatic rings. The van der Waals surface area contributed by atoms with Crippen LogP contribution in [0.25, 0.3) is 0 Å². The van der Waals surface area contributed by atoms with Crippen LogP contribution in [-0.4, -0.2) is 24.5 Å². The number of hydrogen-bond acceptors (Lipinski definition) is 1. The third-order valence-electron chi connectivity index (χ3n) is 3.32. The Balaban J connectivity index is 2.03. The second kappa shape index (κ2) is 7.28. The molecular weight excluding hydrogens is 170 g/mol. The van der Waals surface area contributed by atoms with Crippen molar-refractivity contribution in [3.05, 3.63) is 0 Å². The van der Waals surface area contributed by atoms with Crippen LogP contribution in [0.5, 0.6) is 0 Å². The molecule has 0 N–H and O–H groups in total. The zero-order valence-electron chi connectivity index (χ0n) is 10.1. The van der Waals surface area contributed by atoms with Crippen LogP contribution in [0.3, 0.4) is 0 Å². The number of hydrogen-bond donors (Lipinski definition) is 0. The van der Waals surface area contributed by atoms with Gasteiger partial charge in [-0.15, -0.1) is 0 Å². The second-order valence-corrected chi connectivity index (χ2v) is 4.96. The first kappa shape index (κ1) is 12.0. The minimum Gasteiger partial charge on any atom is -0.303 e. The first-order valence-corrected chi connectivity index (χ1v) is 6.55. The van der Waals surface area contributed by atoms with E-state index in [1.165, 1.54) is 64.6 Å². The fourth-order valence-electron chi connectivity index (χ4n) is 2.42. The summed E-state index contributed by atoms with van der Waals surface area (Å²) in [5.41, 5.74) is 0. The van der Waals surface area contributed by atoms with Gasteiger partial charge in [0.15, 0.2) is 0 Å². The molecule has 0 aromatic carbocycles. The smallest absolute Gasteiger partial charge is 0.000702 e. The normalized spacial score (nSPS) is 21.0. The number of likely N-dealkylation sites (tertiary alicyclic amines) is 1. The molecule has 1 atom stereocenters. The average Bonchev–Trinajstić information content (AvgIpc) is 2.20. The van der Waals surface area contributed by atoms with Crippen LogP contribution < -0.4 is 0 Å². The Hall–Kier alpha value is -0.0400. The Morgan fingerprint density at radius 1 is 1.07 bits per heavy atom. The van der Waals surface area contributed by atoms with E-state index in [1.54, 1.807) is 0 Å². The highest BCUT2D eigenvalue weighted by Gasteiger charge is 2.12. The van der Waals surface area contributed by atoms with Crippen molar-refractivity contribution in [2.75, 3.05) is 19.6 Å². The molecule has 0 bridgehead atoms. The van der Waals surface area contributed by atoms with Crippen molar-refractivity contribution in [2.45, 2.75) is 58.8 Å². The van der Waals surface area contributed by atoms with E-state index in [2.05, 4.69) is 18.7 Å². The van der Waals surface area contributed by atoms with Crippen LogP contribution in [0.4, 0.5) is 0 Å². The monoisotopic (exact) mass is 197 g/mol. The van der Waals surface area contributed by atoms with Gasteiger partial charge in [0.1, 0.15) is 0 Å². The Morgan fingerprint density at radius 3 is 2.43 bits per heavy atom. The average molecular weight is 197 g/mol. The molecule has 1 heterocycles. The highest BCUT2D eigenvalue weighted by Crippen LogP contribution is 2.14. The highest BCUT2D eigenvalue weighted by molar-refractivity contribution is 4.67. The van der Waals surface area contributed by atoms with Crippen molar-refractivity contribution in [3.63, 3.8) is 0 Å². The molecular formula is C13H27N. The van der Waals surface area contributed by atoms with Crippen LogP contribution in [0.2, 0.25) is 0 Å². The van der Waals surface area contributed by atoms with Crippen LogP contribution in [-0.2, 0) is 0 Å². The van der Waals surface area contributed by atoms with Gasteiger partial charge in [0.05, 0.1) is 0 Å². The quantitative estimate of drug-likeness (QED) is 0.587. The molecule has 1 fully saturated rings. The molecule has 14 heavy (non-hydrogen) atoms. The fraction of sp³-hybridized carbons (Fsp3) is 1.00. The van der Waals surface area contributed by atoms with Crippen LogP contribution in [0.1, 0.15) is 58.8 Å². The minimum atomic E-state index is 0.916. The number of rotatable bonds is 6. The number of unbranched alkanes of at least 4 members (excludes halogenated alkanes) is 2. The molecule has 1 nitrogen and oxygen atoms in total. The van der Waals surface area contributed by atoms with E-state index in [4.69, 9.17) is 0 Å². The second-order valence-electron chi connectivity index (χ2n) is 4.96. The highest BCUT2D eigenvalue weighted by atomic mass is 15.1. The lowest BCUT2D eigenvalue weighted by Crippen LogP contribution is -2.33. The summed E-state index contributed by atoms with van der Waals surface area (Å²) in [5.74, 6) is 0.916. The lowest BCUT2D eigenvalue weighted by molar-refractivity contribution is 0.195. The lowest BCUT2D eigenvalue weighted by atomic mass is 10.0. The topological polar surface area (TPSA) is 3.24 Å². The summed E-state index contributed by atoms with van der Waals surface area (Å²) < 4.78 is 0. The van der Waals surface area contributed by atoms with Crippen molar-refractivity contribution in [2.24, 2.45) is 5.92 Å². The predicted octanol–water partition coefficient (Wildman–Crippen LogP) is 3.69. The summed E-state index contributed by atoms with van der Waals surface area (Å²) in [4.78, 5) is 2.67. The first-order chi connectivity index (χ1) is 6.83. The maximum Gasteiger partial charge on any atom is 0.000702 e. The van der Waals surface area contributed by atoms with Crippen LogP contribution in [0, 0.1) is 5.92 Å². The summed E-state index contributed by atoms with van der Waals surface area (Å²) >= 11 is 0. The summed E-state index contributed by atoms with van der Waals surface area (Å²) in [6.07, 6.45) is 9.97. The van der Waals surface area contributed by atoms with Crippen molar-refractivity contribution >= 4 is 0 Å². The standard InChI is InChI=1S/C13H27N/c1-3-4-6-9-13(2)12-14-10-7-5-8-11-14/h13H,3-12H2,1-2H3/t13-/m0/s1. The Morgan fingerprint density at radius 2 is 1.79 bits per heavy atom. The van der Waals surface area contributed by atoms with Crippen molar-refractivity contribution < 1.29 is 0 Å². The lowest BCUT2D eigenvalue weighted by Gasteiger charge is -2.29. The van der Waals surface area contributed by atoms with Crippen LogP contribution in [0.15, 0.2) is 0 Å². The first-order valence-electron chi connectivity index (χ1n) is 6.55. The third kappa shape index (κ3) is 4.99. The van der Waals surface area contributed by atoms with Crippen molar-refractivity contribution in [3.8, 4) is 0 Å². The summed E-state index contributed by atoms with van der Waals surface area (Å²) in [7, 11) is 0. The summed E-state index contributed by atoms with van der Waals surface area (Å²) in [6, 6.07) is 0. The molecule has 0 aromatic heterocycles. The van der Waals surface area contributed by atoms with Gasteiger partial charge in [-0.3, -0.25) is 0 Å². The third-order valence-corrected chi connectivity index (χ3v) is 3.32. The fourth-order valence-corrected chi connectivity index (χ4v) is 2.42. The minimum absolute atomic E-state index is 0.916. The summed E-state index contributed by atoms with van der Waals surface area (Å²) in [6.45, 7) is 8.78. The van der Waals surface area contributed by atoms with Gasteiger partial charge in [-0.05, 0) is 38.3 Å². The molecule has 1 aliphatic heterocycles. The maximum atomic E-state index is 2.67. The molecule has 1 saturated heterocycles. The van der Waals surface area contributed by atoms with E-state index < -0.39 is 0 Å². The molecule has 0 radical (unpaired) electrons. The van der Waals surface area contributed by atoms with Crippen molar-refractivity contribution in [1.82, 2.24) is 4.90 Å². The predicted molar refractivity (Wildman–Crippen MR) is 63.6 cm³/mol. The van der Waals surface area contributed by atoms with Gasteiger partial charge in [-0.25, -0.2) is 0 Å². The molecule has 0 amide bonds. The molecule has 0 spiro atoms. The van der Waals surface area contributed by atoms with Gasteiger partial charge in [0.25, 0.3) is 0 Å². The molecule has 0 unspecified atom stereocenters. The van der Waals surface area contributed by atoms with Gasteiger partial charge >= 0.3 is 0 Å². The van der Waals surface area contributed by atoms with Gasteiger partial charge in [0, 0.05) is 6.54 Å². The van der Waals surface area contributed by atoms with Gasteiger partial charge in [-0.1, -0.05) is 39.5 Å². The van der Waals surface area contributed by atoms with E-state index >= 15 is 0 Å². The summed E-state index contributed by atoms with van der Waals surface area (Å²) in [5, 5.41) is 0. The Kier molecular flexibility index (Phi) is 6.25. The molecule has 84 valence electrons. The number of piperidine rings is 1. The Labute approximate surface area is 89.9 Å². The molecule has 1 rings (SSSR count). The molecule has 0 aliphatic carbocycles. The maximum absolute atomic E-state index is 2.67. The zero-order chi connectivity index (χ0) is 10.2. The number of nitrogens with zero attached hydrogens (tertiary/aromatic N) is 1. The zero-order valence-corrected chi connectivity index (χ0v) is 10.1. The van der Waals surface area contributed by atoms with Gasteiger partial charge < -0.3 is 4.90 Å². The van der Waals surface area contributed by atoms with E-state index in [0.29, 0.717) is 0 Å². The van der Waals surface area contributed by atoms with Crippen LogP contribution >= 0.6 is 0 Å². The molecule has 1 heteroatoms. The molecule has 0 aromatic rings. The van der Waals surface area contributed by atoms with Gasteiger partial charge in [0.2, 0.25) is 0 Å². The largest absolute Gasteiger partial charge is 0.303 e. The van der Waals surface area contributed by atoms with E-state index in [-0.39, 0.29) is 0 Å². The molecule has 0 saturated carbocycles. The van der Waals surface area contributed by atoms with Gasteiger partial charge in [-0.2, -0.15) is 0 Å². The van der Waals surface area contributed by atoms with E-state index in [0.717, 1.165) is 5.92 Å². The Bertz CT molecular complexity index is 127.